The van der Waals surface area contributed by atoms with E-state index in [0.717, 1.165) is 12.0 Å². The van der Waals surface area contributed by atoms with Crippen molar-refractivity contribution < 1.29 is 14.4 Å². The fourth-order valence-electron chi connectivity index (χ4n) is 5.14. The number of ketones is 3. The summed E-state index contributed by atoms with van der Waals surface area (Å²) in [6.07, 6.45) is 4.18. The van der Waals surface area contributed by atoms with Crippen molar-refractivity contribution >= 4 is 17.3 Å². The van der Waals surface area contributed by atoms with Crippen molar-refractivity contribution in [1.82, 2.24) is 0 Å². The molecular weight excluding hydrogens is 288 g/mol. The Balaban J connectivity index is 2.12. The van der Waals surface area contributed by atoms with Crippen LogP contribution in [0.3, 0.4) is 0 Å². The third-order valence-electron chi connectivity index (χ3n) is 6.48. The van der Waals surface area contributed by atoms with Crippen LogP contribution in [0.1, 0.15) is 60.3 Å². The fourth-order valence-corrected chi connectivity index (χ4v) is 5.14. The van der Waals surface area contributed by atoms with Gasteiger partial charge in [-0.3, -0.25) is 14.4 Å². The summed E-state index contributed by atoms with van der Waals surface area (Å²) in [6.45, 7) is 10.0. The summed E-state index contributed by atoms with van der Waals surface area (Å²) >= 11 is 0. The molecule has 0 amide bonds. The summed E-state index contributed by atoms with van der Waals surface area (Å²) in [5.74, 6) is 0.554. The number of allylic oxidation sites excluding steroid dienone is 4. The number of carbonyl (C=O) groups is 3. The van der Waals surface area contributed by atoms with Gasteiger partial charge in [0.1, 0.15) is 5.78 Å². The van der Waals surface area contributed by atoms with E-state index < -0.39 is 5.41 Å². The van der Waals surface area contributed by atoms with E-state index in [9.17, 15) is 14.4 Å². The van der Waals surface area contributed by atoms with Crippen molar-refractivity contribution in [1.29, 1.82) is 0 Å². The number of fused-ring (bicyclic) bond motifs is 2. The molecule has 1 fully saturated rings. The Bertz CT molecular complexity index is 675. The molecule has 1 saturated carbocycles. The number of hydrogen-bond acceptors (Lipinski definition) is 3. The molecule has 0 bridgehead atoms. The Hall–Kier alpha value is -1.51. The molecule has 23 heavy (non-hydrogen) atoms. The van der Waals surface area contributed by atoms with Crippen LogP contribution in [0.5, 0.6) is 0 Å². The van der Waals surface area contributed by atoms with E-state index in [4.69, 9.17) is 0 Å². The van der Waals surface area contributed by atoms with Crippen molar-refractivity contribution in [2.24, 2.45) is 22.7 Å². The molecule has 0 N–H and O–H groups in total. The highest BCUT2D eigenvalue weighted by Crippen LogP contribution is 2.59. The van der Waals surface area contributed by atoms with Crippen LogP contribution in [0.4, 0.5) is 0 Å². The Morgan fingerprint density at radius 3 is 2.35 bits per heavy atom. The van der Waals surface area contributed by atoms with E-state index in [1.807, 2.05) is 27.7 Å². The van der Waals surface area contributed by atoms with Gasteiger partial charge in [-0.2, -0.15) is 0 Å². The van der Waals surface area contributed by atoms with Crippen LogP contribution < -0.4 is 0 Å². The average molecular weight is 314 g/mol. The predicted octanol–water partition coefficient (Wildman–Crippen LogP) is 3.82. The highest BCUT2D eigenvalue weighted by atomic mass is 16.1. The maximum Gasteiger partial charge on any atom is 0.185 e. The van der Waals surface area contributed by atoms with Gasteiger partial charge in [0, 0.05) is 34.0 Å². The molecule has 0 aromatic heterocycles. The molecule has 0 spiro atoms. The van der Waals surface area contributed by atoms with E-state index in [1.165, 1.54) is 0 Å². The highest BCUT2D eigenvalue weighted by molar-refractivity contribution is 6.23. The van der Waals surface area contributed by atoms with Gasteiger partial charge in [0.25, 0.3) is 0 Å². The average Bonchev–Trinajstić information content (AvgIpc) is 2.46. The Labute approximate surface area is 138 Å². The Morgan fingerprint density at radius 2 is 1.74 bits per heavy atom. The van der Waals surface area contributed by atoms with E-state index in [1.54, 1.807) is 6.08 Å². The van der Waals surface area contributed by atoms with Crippen LogP contribution >= 0.6 is 0 Å². The van der Waals surface area contributed by atoms with E-state index in [2.05, 4.69) is 6.92 Å². The van der Waals surface area contributed by atoms with Gasteiger partial charge in [0.2, 0.25) is 0 Å². The lowest BCUT2D eigenvalue weighted by molar-refractivity contribution is -0.140. The zero-order chi connectivity index (χ0) is 17.2. The minimum atomic E-state index is -0.420. The van der Waals surface area contributed by atoms with Gasteiger partial charge in [-0.15, -0.1) is 0 Å². The first-order valence-corrected chi connectivity index (χ1v) is 8.68. The Kier molecular flexibility index (Phi) is 3.55. The molecule has 2 atom stereocenters. The first-order valence-electron chi connectivity index (χ1n) is 8.68. The van der Waals surface area contributed by atoms with E-state index in [-0.39, 0.29) is 34.6 Å². The summed E-state index contributed by atoms with van der Waals surface area (Å²) in [5, 5.41) is 0. The third kappa shape index (κ3) is 2.12. The molecule has 0 aliphatic heterocycles. The number of carbonyl (C=O) groups excluding carboxylic acids is 3. The summed E-state index contributed by atoms with van der Waals surface area (Å²) in [7, 11) is 0. The van der Waals surface area contributed by atoms with Crippen LogP contribution in [-0.4, -0.2) is 17.3 Å². The first kappa shape index (κ1) is 16.4. The van der Waals surface area contributed by atoms with Gasteiger partial charge in [0.15, 0.2) is 11.6 Å². The third-order valence-corrected chi connectivity index (χ3v) is 6.48. The maximum atomic E-state index is 12.9. The molecule has 3 heteroatoms. The van der Waals surface area contributed by atoms with Crippen LogP contribution in [0, 0.1) is 22.7 Å². The molecule has 3 aliphatic carbocycles. The second-order valence-electron chi connectivity index (χ2n) is 8.45. The summed E-state index contributed by atoms with van der Waals surface area (Å²) in [4.78, 5) is 38.1. The molecule has 0 aromatic carbocycles. The lowest BCUT2D eigenvalue weighted by Crippen LogP contribution is -2.52. The van der Waals surface area contributed by atoms with Gasteiger partial charge in [0.05, 0.1) is 0 Å². The SMILES string of the molecule is CC(C)C1=CC(=O)C2=C(CC[C@H]3C(C)(C)C(=O)CC[C@]23C)C1=O. The topological polar surface area (TPSA) is 51.2 Å². The summed E-state index contributed by atoms with van der Waals surface area (Å²) in [6, 6.07) is 0. The van der Waals surface area contributed by atoms with Crippen molar-refractivity contribution in [2.45, 2.75) is 60.3 Å². The van der Waals surface area contributed by atoms with Gasteiger partial charge in [-0.05, 0) is 37.2 Å². The van der Waals surface area contributed by atoms with Crippen molar-refractivity contribution in [3.05, 3.63) is 22.8 Å². The fraction of sp³-hybridized carbons (Fsp3) is 0.650. The molecule has 3 nitrogen and oxygen atoms in total. The van der Waals surface area contributed by atoms with Gasteiger partial charge in [-0.25, -0.2) is 0 Å². The molecular formula is C20H26O3. The lowest BCUT2D eigenvalue weighted by atomic mass is 9.48. The molecule has 0 heterocycles. The van der Waals surface area contributed by atoms with Crippen LogP contribution in [0.2, 0.25) is 0 Å². The monoisotopic (exact) mass is 314 g/mol. The second-order valence-corrected chi connectivity index (χ2v) is 8.45. The largest absolute Gasteiger partial charge is 0.299 e. The molecule has 0 unspecified atom stereocenters. The molecule has 0 aromatic rings. The Morgan fingerprint density at radius 1 is 1.09 bits per heavy atom. The summed E-state index contributed by atoms with van der Waals surface area (Å²) in [5.41, 5.74) is 1.31. The molecule has 0 radical (unpaired) electrons. The van der Waals surface area contributed by atoms with Crippen LogP contribution in [-0.2, 0) is 14.4 Å². The number of hydrogen-bond donors (Lipinski definition) is 0. The maximum absolute atomic E-state index is 12.9. The second kappa shape index (κ2) is 4.99. The van der Waals surface area contributed by atoms with Crippen molar-refractivity contribution in [2.75, 3.05) is 0 Å². The zero-order valence-electron chi connectivity index (χ0n) is 14.8. The smallest absolute Gasteiger partial charge is 0.185 e. The van der Waals surface area contributed by atoms with Gasteiger partial charge >= 0.3 is 0 Å². The minimum Gasteiger partial charge on any atom is -0.299 e. The highest BCUT2D eigenvalue weighted by Gasteiger charge is 2.56. The van der Waals surface area contributed by atoms with Crippen molar-refractivity contribution in [3.8, 4) is 0 Å². The van der Waals surface area contributed by atoms with Crippen LogP contribution in [0.25, 0.3) is 0 Å². The minimum absolute atomic E-state index is 0.000601. The van der Waals surface area contributed by atoms with Crippen molar-refractivity contribution in [3.63, 3.8) is 0 Å². The molecule has 0 saturated heterocycles. The standard InChI is InChI=1S/C20H26O3/c1-11(2)13-10-14(21)17-12(18(13)23)6-7-15-19(3,4)16(22)8-9-20(15,17)5/h10-11,15H,6-9H2,1-5H3/t15-,20-/m0/s1. The number of Topliss-reactive ketones (excluding diaryl/α,β-unsaturated/α-hetero) is 2. The molecule has 3 aliphatic rings. The lowest BCUT2D eigenvalue weighted by Gasteiger charge is -2.54. The quantitative estimate of drug-likeness (QED) is 0.691. The van der Waals surface area contributed by atoms with Crippen LogP contribution in [0.15, 0.2) is 22.8 Å². The van der Waals surface area contributed by atoms with Gasteiger partial charge < -0.3 is 0 Å². The number of rotatable bonds is 1. The predicted molar refractivity (Wildman–Crippen MR) is 88.8 cm³/mol. The molecule has 124 valence electrons. The summed E-state index contributed by atoms with van der Waals surface area (Å²) < 4.78 is 0. The van der Waals surface area contributed by atoms with E-state index >= 15 is 0 Å². The van der Waals surface area contributed by atoms with E-state index in [0.29, 0.717) is 30.4 Å². The van der Waals surface area contributed by atoms with Gasteiger partial charge in [-0.1, -0.05) is 34.6 Å². The zero-order valence-corrected chi connectivity index (χ0v) is 14.8. The molecule has 3 rings (SSSR count). The normalized spacial score (nSPS) is 33.6. The first-order chi connectivity index (χ1) is 10.6.